The molecule has 0 aliphatic carbocycles. The molecule has 0 aliphatic rings. The number of hydrogen-bond donors (Lipinski definition) is 1. The molecular weight excluding hydrogens is 188 g/mol. The number of quaternary nitrogens is 1. The monoisotopic (exact) mass is 213 g/mol. The lowest BCUT2D eigenvalue weighted by Crippen LogP contribution is -2.48. The van der Waals surface area contributed by atoms with E-state index in [9.17, 15) is 4.79 Å². The predicted molar refractivity (Wildman–Crippen MR) is 64.3 cm³/mol. The van der Waals surface area contributed by atoms with Gasteiger partial charge in [-0.2, -0.15) is 0 Å². The molecule has 0 rings (SSSR count). The van der Waals surface area contributed by atoms with E-state index in [-0.39, 0.29) is 5.91 Å². The highest BCUT2D eigenvalue weighted by Gasteiger charge is 2.13. The first-order valence-electron chi connectivity index (χ1n) is 5.75. The Balaban J connectivity index is 3.74. The summed E-state index contributed by atoms with van der Waals surface area (Å²) in [5.74, 6) is 0.113. The lowest BCUT2D eigenvalue weighted by atomic mass is 10.3. The number of nitrogens with one attached hydrogen (secondary N) is 1. The summed E-state index contributed by atoms with van der Waals surface area (Å²) >= 11 is 0. The summed E-state index contributed by atoms with van der Waals surface area (Å²) in [6.07, 6.45) is 6.57. The Hall–Kier alpha value is -0.830. The molecule has 0 aromatic heterocycles. The van der Waals surface area contributed by atoms with Crippen molar-refractivity contribution < 1.29 is 9.28 Å². The van der Waals surface area contributed by atoms with Gasteiger partial charge in [-0.3, -0.25) is 4.79 Å². The molecule has 88 valence electrons. The van der Waals surface area contributed by atoms with Gasteiger partial charge in [-0.25, -0.2) is 0 Å². The third-order valence-electron chi connectivity index (χ3n) is 2.24. The molecule has 15 heavy (non-hydrogen) atoms. The first-order valence-corrected chi connectivity index (χ1v) is 5.75. The Morgan fingerprint density at radius 3 is 2.47 bits per heavy atom. The smallest absolute Gasteiger partial charge is 0.228 e. The Morgan fingerprint density at radius 2 is 1.93 bits per heavy atom. The summed E-state index contributed by atoms with van der Waals surface area (Å²) < 4.78 is 0.847. The molecule has 0 spiro atoms. The summed E-state index contributed by atoms with van der Waals surface area (Å²) in [5.41, 5.74) is 0. The molecule has 0 aromatic rings. The van der Waals surface area contributed by atoms with Gasteiger partial charge < -0.3 is 9.80 Å². The molecular formula is C12H25N2O+. The predicted octanol–water partition coefficient (Wildman–Crippen LogP) is 1.90. The highest BCUT2D eigenvalue weighted by atomic mass is 16.1. The molecule has 3 heteroatoms. The maximum absolute atomic E-state index is 11.4. The van der Waals surface area contributed by atoms with Crippen LogP contribution < -0.4 is 5.32 Å². The van der Waals surface area contributed by atoms with E-state index >= 15 is 0 Å². The van der Waals surface area contributed by atoms with Gasteiger partial charge in [0.05, 0.1) is 20.6 Å². The van der Waals surface area contributed by atoms with Crippen molar-refractivity contribution in [1.82, 2.24) is 5.32 Å². The van der Waals surface area contributed by atoms with Crippen LogP contribution in [-0.2, 0) is 4.79 Å². The molecule has 0 saturated heterocycles. The largest absolute Gasteiger partial charge is 0.311 e. The van der Waals surface area contributed by atoms with Crippen LogP contribution in [0.25, 0.3) is 0 Å². The molecule has 0 saturated carbocycles. The molecule has 0 unspecified atom stereocenters. The Labute approximate surface area is 93.7 Å². The van der Waals surface area contributed by atoms with E-state index < -0.39 is 0 Å². The highest BCUT2D eigenvalue weighted by molar-refractivity contribution is 5.77. The third-order valence-corrected chi connectivity index (χ3v) is 2.24. The van der Waals surface area contributed by atoms with Crippen LogP contribution in [0.1, 0.15) is 33.1 Å². The number of carbonyl (C=O) groups excluding carboxylic acids is 1. The van der Waals surface area contributed by atoms with Gasteiger partial charge in [-0.15, -0.1) is 0 Å². The quantitative estimate of drug-likeness (QED) is 0.391. The zero-order chi connectivity index (χ0) is 11.7. The number of rotatable bonds is 7. The fraction of sp³-hybridized carbons (Fsp3) is 0.750. The van der Waals surface area contributed by atoms with Crippen molar-refractivity contribution in [2.45, 2.75) is 33.1 Å². The highest BCUT2D eigenvalue weighted by Crippen LogP contribution is 1.96. The van der Waals surface area contributed by atoms with E-state index in [1.165, 1.54) is 0 Å². The van der Waals surface area contributed by atoms with Crippen molar-refractivity contribution in [3.63, 3.8) is 0 Å². The molecule has 0 atom stereocenters. The summed E-state index contributed by atoms with van der Waals surface area (Å²) in [4.78, 5) is 11.4. The second-order valence-corrected chi connectivity index (χ2v) is 4.50. The maximum atomic E-state index is 11.4. The number of allylic oxidation sites excluding steroid dienone is 1. The van der Waals surface area contributed by atoms with Crippen LogP contribution >= 0.6 is 0 Å². The topological polar surface area (TPSA) is 29.1 Å². The number of amides is 1. The van der Waals surface area contributed by atoms with Crippen LogP contribution in [0.5, 0.6) is 0 Å². The van der Waals surface area contributed by atoms with E-state index in [1.807, 2.05) is 12.2 Å². The lowest BCUT2D eigenvalue weighted by molar-refractivity contribution is -0.892. The zero-order valence-electron chi connectivity index (χ0n) is 10.5. The zero-order valence-corrected chi connectivity index (χ0v) is 10.5. The van der Waals surface area contributed by atoms with Gasteiger partial charge in [0.1, 0.15) is 0 Å². The minimum absolute atomic E-state index is 0.113. The van der Waals surface area contributed by atoms with Crippen LogP contribution in [0.15, 0.2) is 12.2 Å². The first-order chi connectivity index (χ1) is 7.02. The van der Waals surface area contributed by atoms with Crippen LogP contribution in [0, 0.1) is 0 Å². The summed E-state index contributed by atoms with van der Waals surface area (Å²) in [5, 5.41) is 2.95. The van der Waals surface area contributed by atoms with E-state index in [2.05, 4.69) is 33.3 Å². The molecule has 0 radical (unpaired) electrons. The van der Waals surface area contributed by atoms with Gasteiger partial charge in [0.15, 0.2) is 6.67 Å². The van der Waals surface area contributed by atoms with Gasteiger partial charge in [0.25, 0.3) is 0 Å². The minimum atomic E-state index is 0.113. The lowest BCUT2D eigenvalue weighted by Gasteiger charge is -2.29. The number of nitrogens with zero attached hydrogens (tertiary/aromatic N) is 1. The van der Waals surface area contributed by atoms with Crippen molar-refractivity contribution >= 4 is 5.91 Å². The van der Waals surface area contributed by atoms with Crippen LogP contribution in [0.2, 0.25) is 0 Å². The number of carbonyl (C=O) groups is 1. The van der Waals surface area contributed by atoms with Crippen molar-refractivity contribution in [2.75, 3.05) is 27.3 Å². The molecule has 0 fully saturated rings. The van der Waals surface area contributed by atoms with Crippen molar-refractivity contribution in [3.05, 3.63) is 12.2 Å². The number of hydrogen-bond acceptors (Lipinski definition) is 1. The van der Waals surface area contributed by atoms with E-state index in [0.717, 1.165) is 23.9 Å². The molecule has 3 nitrogen and oxygen atoms in total. The molecule has 0 aliphatic heterocycles. The summed E-state index contributed by atoms with van der Waals surface area (Å²) in [6.45, 7) is 6.03. The second-order valence-electron chi connectivity index (χ2n) is 4.50. The van der Waals surface area contributed by atoms with Gasteiger partial charge in [-0.05, 0) is 12.8 Å². The van der Waals surface area contributed by atoms with Gasteiger partial charge in [0.2, 0.25) is 5.91 Å². The Bertz CT molecular complexity index is 210. The molecule has 1 N–H and O–H groups in total. The summed E-state index contributed by atoms with van der Waals surface area (Å²) in [7, 11) is 4.26. The van der Waals surface area contributed by atoms with E-state index in [0.29, 0.717) is 13.1 Å². The van der Waals surface area contributed by atoms with Crippen LogP contribution in [-0.4, -0.2) is 37.7 Å². The Morgan fingerprint density at radius 1 is 1.27 bits per heavy atom. The van der Waals surface area contributed by atoms with Crippen molar-refractivity contribution in [1.29, 1.82) is 0 Å². The SMILES string of the molecule is CC/C=C\CC(=O)NC[N+](C)(C)CCC. The van der Waals surface area contributed by atoms with E-state index in [4.69, 9.17) is 0 Å². The minimum Gasteiger partial charge on any atom is -0.311 e. The average molecular weight is 213 g/mol. The standard InChI is InChI=1S/C12H24N2O/c1-5-7-8-9-12(15)13-11-14(3,4)10-6-2/h7-8H,5-6,9-11H2,1-4H3/p+1/b8-7-. The Kier molecular flexibility index (Phi) is 7.05. The first kappa shape index (κ1) is 14.2. The molecule has 1 amide bonds. The fourth-order valence-electron chi connectivity index (χ4n) is 1.42. The molecule has 0 bridgehead atoms. The van der Waals surface area contributed by atoms with Crippen LogP contribution in [0.3, 0.4) is 0 Å². The van der Waals surface area contributed by atoms with E-state index in [1.54, 1.807) is 0 Å². The van der Waals surface area contributed by atoms with Crippen molar-refractivity contribution in [2.24, 2.45) is 0 Å². The normalized spacial score (nSPS) is 12.0. The van der Waals surface area contributed by atoms with Gasteiger partial charge in [-0.1, -0.05) is 26.0 Å². The van der Waals surface area contributed by atoms with Gasteiger partial charge >= 0.3 is 0 Å². The average Bonchev–Trinajstić information content (AvgIpc) is 2.15. The molecule has 0 heterocycles. The third kappa shape index (κ3) is 8.18. The molecule has 0 aromatic carbocycles. The van der Waals surface area contributed by atoms with Crippen LogP contribution in [0.4, 0.5) is 0 Å². The summed E-state index contributed by atoms with van der Waals surface area (Å²) in [6, 6.07) is 0. The second kappa shape index (κ2) is 7.46. The van der Waals surface area contributed by atoms with Gasteiger partial charge in [0, 0.05) is 6.42 Å². The van der Waals surface area contributed by atoms with Crippen molar-refractivity contribution in [3.8, 4) is 0 Å². The fourth-order valence-corrected chi connectivity index (χ4v) is 1.42. The maximum Gasteiger partial charge on any atom is 0.228 e.